The average Bonchev–Trinajstić information content (AvgIpc) is 3.93. The van der Waals surface area contributed by atoms with Crippen LogP contribution in [0.4, 0.5) is 24.5 Å². The summed E-state index contributed by atoms with van der Waals surface area (Å²) in [5.74, 6) is 0.191. The number of alkyl halides is 3. The lowest BCUT2D eigenvalue weighted by Crippen LogP contribution is -2.47. The number of piperazine rings is 1. The van der Waals surface area contributed by atoms with E-state index in [0.29, 0.717) is 30.2 Å². The van der Waals surface area contributed by atoms with Gasteiger partial charge in [-0.2, -0.15) is 13.2 Å². The average molecular weight is 888 g/mol. The Kier molecular flexibility index (Phi) is 13.7. The molecule has 1 atom stereocenters. The molecule has 0 spiro atoms. The molecule has 2 aliphatic heterocycles. The molecule has 7 rings (SSSR count). The fraction of sp³-hybridized carbons (Fsp3) is 0.523. The van der Waals surface area contributed by atoms with E-state index in [4.69, 9.17) is 0 Å². The van der Waals surface area contributed by atoms with Crippen LogP contribution in [-0.2, 0) is 19.9 Å². The molecule has 3 aromatic carbocycles. The van der Waals surface area contributed by atoms with E-state index in [2.05, 4.69) is 33.9 Å². The summed E-state index contributed by atoms with van der Waals surface area (Å²) in [4.78, 5) is 19.2. The van der Waals surface area contributed by atoms with Gasteiger partial charge in [-0.05, 0) is 130 Å². The highest BCUT2D eigenvalue weighted by atomic mass is 32.2. The van der Waals surface area contributed by atoms with E-state index in [1.807, 2.05) is 35.1 Å². The van der Waals surface area contributed by atoms with Crippen LogP contribution in [0, 0.1) is 11.3 Å². The van der Waals surface area contributed by atoms with Crippen molar-refractivity contribution in [2.45, 2.75) is 91.5 Å². The molecule has 2 heterocycles. The Morgan fingerprint density at radius 1 is 0.883 bits per heavy atom. The van der Waals surface area contributed by atoms with Gasteiger partial charge in [-0.1, -0.05) is 43.2 Å². The van der Waals surface area contributed by atoms with Crippen LogP contribution < -0.4 is 14.9 Å². The topological polar surface area (TPSA) is 119 Å². The Balaban J connectivity index is 1.01. The molecule has 3 fully saturated rings. The van der Waals surface area contributed by atoms with E-state index >= 15 is 0 Å². The van der Waals surface area contributed by atoms with Crippen molar-refractivity contribution < 1.29 is 34.8 Å². The summed E-state index contributed by atoms with van der Waals surface area (Å²) >= 11 is 1.48. The van der Waals surface area contributed by atoms with Gasteiger partial charge in [0.25, 0.3) is 25.8 Å². The Labute approximate surface area is 357 Å². The first kappa shape index (κ1) is 44.5. The van der Waals surface area contributed by atoms with Gasteiger partial charge in [-0.3, -0.25) is 9.69 Å². The van der Waals surface area contributed by atoms with Gasteiger partial charge in [-0.25, -0.2) is 21.6 Å². The maximum absolute atomic E-state index is 14.1. The molecule has 0 radical (unpaired) electrons. The molecule has 326 valence electrons. The lowest BCUT2D eigenvalue weighted by molar-refractivity contribution is -0.0435. The van der Waals surface area contributed by atoms with Crippen molar-refractivity contribution >= 4 is 48.9 Å². The monoisotopic (exact) mass is 887 g/mol. The first-order valence-electron chi connectivity index (χ1n) is 20.9. The minimum absolute atomic E-state index is 0.0268. The van der Waals surface area contributed by atoms with Crippen molar-refractivity contribution in [1.82, 2.24) is 14.5 Å². The minimum Gasteiger partial charge on any atom is -0.380 e. The zero-order valence-corrected chi connectivity index (χ0v) is 36.8. The number of halogens is 3. The summed E-state index contributed by atoms with van der Waals surface area (Å²) in [6.07, 6.45) is 8.84. The molecule has 4 aliphatic rings. The molecule has 16 heteroatoms. The second-order valence-corrected chi connectivity index (χ2v) is 22.1. The second kappa shape index (κ2) is 18.4. The Bertz CT molecular complexity index is 2240. The molecule has 3 aromatic rings. The summed E-state index contributed by atoms with van der Waals surface area (Å²) < 4.78 is 97.3. The van der Waals surface area contributed by atoms with Crippen LogP contribution in [0.15, 0.2) is 98.6 Å². The molecule has 2 N–H and O–H groups in total. The number of thioether (sulfide) groups is 1. The summed E-state index contributed by atoms with van der Waals surface area (Å²) in [6, 6.07) is 18.0. The van der Waals surface area contributed by atoms with Crippen LogP contribution in [0.5, 0.6) is 0 Å². The van der Waals surface area contributed by atoms with E-state index in [0.717, 1.165) is 87.3 Å². The standard InChI is InChI=1S/C44H56F3N5O5S3/c1-43(2)20-18-34(39(29-43)32-10-11-32)30-51-24-26-52(27-25-51)36-14-12-33(13-15-36)42(53)49-60(56,57)38-16-17-40(41(28-38)59(54,55)44(45,46)47)48-35(19-23-50-21-6-7-22-50)31-58-37-8-4-3-5-9-37/h3-5,8-9,12-17,28,32,35,48H,6-7,10-11,18-27,29-31H2,1-2H3,(H,49,53). The minimum atomic E-state index is -6.02. The van der Waals surface area contributed by atoms with Crippen LogP contribution in [-0.4, -0.2) is 102 Å². The van der Waals surface area contributed by atoms with Gasteiger partial charge in [0, 0.05) is 67.2 Å². The third-order valence-corrected chi connectivity index (χ3v) is 16.2. The lowest BCUT2D eigenvalue weighted by atomic mass is 9.73. The molecule has 2 saturated heterocycles. The van der Waals surface area contributed by atoms with Crippen LogP contribution in [0.2, 0.25) is 0 Å². The highest BCUT2D eigenvalue weighted by molar-refractivity contribution is 7.99. The van der Waals surface area contributed by atoms with Gasteiger partial charge in [-0.15, -0.1) is 11.8 Å². The first-order valence-corrected chi connectivity index (χ1v) is 24.9. The van der Waals surface area contributed by atoms with Crippen LogP contribution in [0.25, 0.3) is 0 Å². The molecular formula is C44H56F3N5O5S3. The number of sulfonamides is 1. The zero-order chi connectivity index (χ0) is 42.7. The number of allylic oxidation sites excluding steroid dienone is 1. The van der Waals surface area contributed by atoms with E-state index < -0.39 is 47.1 Å². The normalized spacial score (nSPS) is 20.0. The van der Waals surface area contributed by atoms with E-state index in [9.17, 15) is 34.8 Å². The molecule has 2 aliphatic carbocycles. The number of benzene rings is 3. The van der Waals surface area contributed by atoms with Crippen molar-refractivity contribution in [3.05, 3.63) is 89.5 Å². The summed E-state index contributed by atoms with van der Waals surface area (Å²) in [5.41, 5.74) is -1.46. The molecule has 1 amide bonds. The molecule has 0 aromatic heterocycles. The van der Waals surface area contributed by atoms with Crippen LogP contribution >= 0.6 is 11.8 Å². The summed E-state index contributed by atoms with van der Waals surface area (Å²) in [6.45, 7) is 11.6. The predicted octanol–water partition coefficient (Wildman–Crippen LogP) is 8.20. The van der Waals surface area contributed by atoms with Gasteiger partial charge in [0.15, 0.2) is 0 Å². The van der Waals surface area contributed by atoms with E-state index in [-0.39, 0.29) is 11.3 Å². The molecule has 0 bridgehead atoms. The van der Waals surface area contributed by atoms with Gasteiger partial charge in [0.2, 0.25) is 0 Å². The van der Waals surface area contributed by atoms with E-state index in [1.165, 1.54) is 56.0 Å². The Hall–Kier alpha value is -3.57. The number of sulfone groups is 1. The van der Waals surface area contributed by atoms with Crippen molar-refractivity contribution in [3.8, 4) is 0 Å². The highest BCUT2D eigenvalue weighted by Gasteiger charge is 2.48. The quantitative estimate of drug-likeness (QED) is 0.108. The predicted molar refractivity (Wildman–Crippen MR) is 232 cm³/mol. The molecular weight excluding hydrogens is 832 g/mol. The number of carbonyl (C=O) groups is 1. The number of hydrogen-bond donors (Lipinski definition) is 2. The van der Waals surface area contributed by atoms with Crippen molar-refractivity contribution in [3.63, 3.8) is 0 Å². The van der Waals surface area contributed by atoms with E-state index in [1.54, 1.807) is 23.3 Å². The van der Waals surface area contributed by atoms with Crippen molar-refractivity contribution in [1.29, 1.82) is 0 Å². The van der Waals surface area contributed by atoms with Crippen LogP contribution in [0.3, 0.4) is 0 Å². The third-order valence-electron chi connectivity index (χ3n) is 12.2. The molecule has 10 nitrogen and oxygen atoms in total. The van der Waals surface area contributed by atoms with Crippen molar-refractivity contribution in [2.24, 2.45) is 11.3 Å². The summed E-state index contributed by atoms with van der Waals surface area (Å²) in [7, 11) is -10.8. The van der Waals surface area contributed by atoms with Gasteiger partial charge >= 0.3 is 5.51 Å². The largest absolute Gasteiger partial charge is 0.501 e. The van der Waals surface area contributed by atoms with Gasteiger partial charge < -0.3 is 15.1 Å². The maximum Gasteiger partial charge on any atom is 0.501 e. The summed E-state index contributed by atoms with van der Waals surface area (Å²) in [5, 5.41) is 3.01. The number of carbonyl (C=O) groups excluding carboxylic acids is 1. The van der Waals surface area contributed by atoms with Gasteiger partial charge in [0.05, 0.1) is 10.6 Å². The lowest BCUT2D eigenvalue weighted by Gasteiger charge is -2.39. The Morgan fingerprint density at radius 2 is 1.57 bits per heavy atom. The van der Waals surface area contributed by atoms with Crippen molar-refractivity contribution in [2.75, 3.05) is 68.3 Å². The number of likely N-dealkylation sites (tertiary alicyclic amines) is 1. The fourth-order valence-corrected chi connectivity index (χ4v) is 11.5. The van der Waals surface area contributed by atoms with Crippen LogP contribution in [0.1, 0.15) is 75.6 Å². The number of rotatable bonds is 16. The molecule has 1 saturated carbocycles. The number of amides is 1. The maximum atomic E-state index is 14.1. The highest BCUT2D eigenvalue weighted by Crippen LogP contribution is 2.49. The Morgan fingerprint density at radius 3 is 2.22 bits per heavy atom. The fourth-order valence-electron chi connectivity index (χ4n) is 8.53. The zero-order valence-electron chi connectivity index (χ0n) is 34.3. The second-order valence-electron chi connectivity index (χ2n) is 17.4. The number of anilines is 2. The third kappa shape index (κ3) is 11.1. The van der Waals surface area contributed by atoms with Gasteiger partial charge in [0.1, 0.15) is 4.90 Å². The SMILES string of the molecule is CC1(C)CCC(CN2CCN(c3ccc(C(=O)NS(=O)(=O)c4ccc(NC(CCN5CCCC5)CSc5ccccc5)c(S(=O)(=O)C(F)(F)F)c4)cc3)CC2)=C(C2CC2)C1. The smallest absolute Gasteiger partial charge is 0.380 e. The number of nitrogens with one attached hydrogen (secondary N) is 2. The number of nitrogens with zero attached hydrogens (tertiary/aromatic N) is 3. The number of hydrogen-bond acceptors (Lipinski definition) is 10. The first-order chi connectivity index (χ1) is 28.5. The molecule has 60 heavy (non-hydrogen) atoms. The molecule has 1 unspecified atom stereocenters.